The van der Waals surface area contributed by atoms with E-state index in [1.54, 1.807) is 0 Å². The lowest BCUT2D eigenvalue weighted by Crippen LogP contribution is -2.38. The van der Waals surface area contributed by atoms with E-state index in [2.05, 4.69) is 79.5 Å². The van der Waals surface area contributed by atoms with Crippen LogP contribution in [0.4, 0.5) is 0 Å². The van der Waals surface area contributed by atoms with Crippen molar-refractivity contribution in [3.05, 3.63) is 35.4 Å². The van der Waals surface area contributed by atoms with Gasteiger partial charge < -0.3 is 10.6 Å². The van der Waals surface area contributed by atoms with Crippen LogP contribution >= 0.6 is 24.0 Å². The van der Waals surface area contributed by atoms with E-state index in [0.29, 0.717) is 12.0 Å². The molecule has 1 aromatic rings. The van der Waals surface area contributed by atoms with Crippen molar-refractivity contribution in [2.75, 3.05) is 20.6 Å². The minimum Gasteiger partial charge on any atom is -0.356 e. The van der Waals surface area contributed by atoms with E-state index in [0.717, 1.165) is 32.0 Å². The molecule has 0 fully saturated rings. The number of guanidine groups is 1. The molecule has 0 radical (unpaired) electrons. The highest BCUT2D eigenvalue weighted by Crippen LogP contribution is 2.12. The van der Waals surface area contributed by atoms with Crippen LogP contribution in [0.25, 0.3) is 0 Å². The Morgan fingerprint density at radius 1 is 1.08 bits per heavy atom. The Morgan fingerprint density at radius 3 is 2.25 bits per heavy atom. The van der Waals surface area contributed by atoms with Gasteiger partial charge in [0, 0.05) is 32.7 Å². The molecule has 2 N–H and O–H groups in total. The van der Waals surface area contributed by atoms with Crippen molar-refractivity contribution in [2.45, 2.75) is 53.2 Å². The van der Waals surface area contributed by atoms with Crippen LogP contribution < -0.4 is 10.6 Å². The highest BCUT2D eigenvalue weighted by atomic mass is 127. The van der Waals surface area contributed by atoms with Crippen LogP contribution in [0.3, 0.4) is 0 Å². The van der Waals surface area contributed by atoms with E-state index in [-0.39, 0.29) is 24.0 Å². The molecule has 4 nitrogen and oxygen atoms in total. The van der Waals surface area contributed by atoms with Gasteiger partial charge in [0.05, 0.1) is 0 Å². The van der Waals surface area contributed by atoms with E-state index in [1.165, 1.54) is 11.1 Å². The highest BCUT2D eigenvalue weighted by Gasteiger charge is 2.08. The second-order valence-electron chi connectivity index (χ2n) is 6.81. The highest BCUT2D eigenvalue weighted by molar-refractivity contribution is 14.0. The summed E-state index contributed by atoms with van der Waals surface area (Å²) in [6.45, 7) is 11.6. The van der Waals surface area contributed by atoms with E-state index in [4.69, 9.17) is 0 Å². The van der Waals surface area contributed by atoms with Crippen LogP contribution in [-0.2, 0) is 13.1 Å². The lowest BCUT2D eigenvalue weighted by atomic mass is 10.1. The predicted octanol–water partition coefficient (Wildman–Crippen LogP) is 3.86. The minimum absolute atomic E-state index is 0. The van der Waals surface area contributed by atoms with E-state index < -0.39 is 0 Å². The number of nitrogens with zero attached hydrogens (tertiary/aromatic N) is 2. The van der Waals surface area contributed by atoms with Gasteiger partial charge in [-0.05, 0) is 44.4 Å². The predicted molar refractivity (Wildman–Crippen MR) is 116 cm³/mol. The first-order chi connectivity index (χ1) is 10.9. The maximum absolute atomic E-state index is 4.30. The summed E-state index contributed by atoms with van der Waals surface area (Å²) in [4.78, 5) is 6.66. The Morgan fingerprint density at radius 2 is 1.71 bits per heavy atom. The fourth-order valence-electron chi connectivity index (χ4n) is 2.21. The van der Waals surface area contributed by atoms with Gasteiger partial charge in [0.1, 0.15) is 0 Å². The van der Waals surface area contributed by atoms with E-state index in [9.17, 15) is 0 Å². The fraction of sp³-hybridized carbons (Fsp3) is 0.632. The summed E-state index contributed by atoms with van der Waals surface area (Å²) < 4.78 is 0. The third kappa shape index (κ3) is 8.87. The normalized spacial score (nSPS) is 11.8. The summed E-state index contributed by atoms with van der Waals surface area (Å²) in [5.74, 6) is 1.57. The molecule has 5 heteroatoms. The molecular formula is C19H35IN4. The van der Waals surface area contributed by atoms with Gasteiger partial charge >= 0.3 is 0 Å². The topological polar surface area (TPSA) is 39.7 Å². The first kappa shape index (κ1) is 23.2. The smallest absolute Gasteiger partial charge is 0.191 e. The Labute approximate surface area is 165 Å². The fourth-order valence-corrected chi connectivity index (χ4v) is 2.21. The first-order valence-corrected chi connectivity index (χ1v) is 8.65. The standard InChI is InChI=1S/C19H34N4.HI/c1-15(2)11-12-21-19(20-5)22-13-17-9-7-8-10-18(17)14-23(6)16(3)4;/h7-10,15-16H,11-14H2,1-6H3,(H2,20,21,22);1H. The van der Waals surface area contributed by atoms with Crippen LogP contribution in [0.1, 0.15) is 45.2 Å². The molecule has 0 amide bonds. The summed E-state index contributed by atoms with van der Waals surface area (Å²) in [6.07, 6.45) is 1.15. The summed E-state index contributed by atoms with van der Waals surface area (Å²) in [6, 6.07) is 9.16. The lowest BCUT2D eigenvalue weighted by molar-refractivity contribution is 0.265. The van der Waals surface area contributed by atoms with Crippen molar-refractivity contribution in [3.8, 4) is 0 Å². The quantitative estimate of drug-likeness (QED) is 0.362. The van der Waals surface area contributed by atoms with Gasteiger partial charge in [0.25, 0.3) is 0 Å². The number of rotatable bonds is 8. The molecule has 1 rings (SSSR count). The molecule has 0 saturated heterocycles. The zero-order valence-corrected chi connectivity index (χ0v) is 18.4. The first-order valence-electron chi connectivity index (χ1n) is 8.65. The van der Waals surface area contributed by atoms with Crippen molar-refractivity contribution < 1.29 is 0 Å². The molecular weight excluding hydrogens is 411 g/mol. The second-order valence-corrected chi connectivity index (χ2v) is 6.81. The molecule has 0 aromatic heterocycles. The van der Waals surface area contributed by atoms with E-state index in [1.807, 2.05) is 7.05 Å². The van der Waals surface area contributed by atoms with Gasteiger partial charge in [-0.3, -0.25) is 9.89 Å². The van der Waals surface area contributed by atoms with Crippen LogP contribution in [-0.4, -0.2) is 37.5 Å². The average Bonchev–Trinajstić information content (AvgIpc) is 2.51. The summed E-state index contributed by atoms with van der Waals surface area (Å²) in [7, 11) is 3.99. The molecule has 0 saturated carbocycles. The number of benzene rings is 1. The van der Waals surface area contributed by atoms with E-state index >= 15 is 0 Å². The Bertz CT molecular complexity index is 486. The summed E-state index contributed by atoms with van der Waals surface area (Å²) in [5, 5.41) is 6.80. The number of hydrogen-bond donors (Lipinski definition) is 2. The van der Waals surface area contributed by atoms with Gasteiger partial charge in [0.2, 0.25) is 0 Å². The number of nitrogens with one attached hydrogen (secondary N) is 2. The molecule has 0 atom stereocenters. The molecule has 0 aliphatic heterocycles. The van der Waals surface area contributed by atoms with Crippen molar-refractivity contribution in [1.82, 2.24) is 15.5 Å². The lowest BCUT2D eigenvalue weighted by Gasteiger charge is -2.23. The van der Waals surface area contributed by atoms with Crippen LogP contribution in [0, 0.1) is 5.92 Å². The van der Waals surface area contributed by atoms with Gasteiger partial charge in [-0.15, -0.1) is 24.0 Å². The second kappa shape index (κ2) is 12.5. The molecule has 0 bridgehead atoms. The molecule has 0 aliphatic rings. The molecule has 24 heavy (non-hydrogen) atoms. The Balaban J connectivity index is 0.00000529. The zero-order valence-electron chi connectivity index (χ0n) is 16.1. The summed E-state index contributed by atoms with van der Waals surface area (Å²) >= 11 is 0. The largest absolute Gasteiger partial charge is 0.356 e. The molecule has 0 aliphatic carbocycles. The van der Waals surface area contributed by atoms with Crippen LogP contribution in [0.2, 0.25) is 0 Å². The third-order valence-corrected chi connectivity index (χ3v) is 4.10. The van der Waals surface area contributed by atoms with Crippen molar-refractivity contribution >= 4 is 29.9 Å². The Kier molecular flexibility index (Phi) is 12.1. The van der Waals surface area contributed by atoms with Crippen molar-refractivity contribution in [3.63, 3.8) is 0 Å². The molecule has 0 spiro atoms. The maximum atomic E-state index is 4.30. The molecule has 1 aromatic carbocycles. The number of halogens is 1. The Hall–Kier alpha value is -0.820. The van der Waals surface area contributed by atoms with Gasteiger partial charge in [0.15, 0.2) is 5.96 Å². The maximum Gasteiger partial charge on any atom is 0.191 e. The molecule has 138 valence electrons. The SMILES string of the molecule is CN=C(NCCC(C)C)NCc1ccccc1CN(C)C(C)C.I. The molecule has 0 unspecified atom stereocenters. The van der Waals surface area contributed by atoms with Gasteiger partial charge in [-0.25, -0.2) is 0 Å². The number of hydrogen-bond acceptors (Lipinski definition) is 2. The zero-order chi connectivity index (χ0) is 17.2. The van der Waals surface area contributed by atoms with Gasteiger partial charge in [-0.2, -0.15) is 0 Å². The van der Waals surface area contributed by atoms with Crippen LogP contribution in [0.15, 0.2) is 29.3 Å². The number of aliphatic imine (C=N–C) groups is 1. The monoisotopic (exact) mass is 446 g/mol. The van der Waals surface area contributed by atoms with Crippen molar-refractivity contribution in [2.24, 2.45) is 10.9 Å². The van der Waals surface area contributed by atoms with Gasteiger partial charge in [-0.1, -0.05) is 38.1 Å². The average molecular weight is 446 g/mol. The summed E-state index contributed by atoms with van der Waals surface area (Å²) in [5.41, 5.74) is 2.70. The third-order valence-electron chi connectivity index (χ3n) is 4.10. The minimum atomic E-state index is 0. The van der Waals surface area contributed by atoms with Crippen LogP contribution in [0.5, 0.6) is 0 Å². The van der Waals surface area contributed by atoms with Crippen molar-refractivity contribution in [1.29, 1.82) is 0 Å². The molecule has 0 heterocycles.